The van der Waals surface area contributed by atoms with Crippen LogP contribution in [-0.4, -0.2) is 11.5 Å². The van der Waals surface area contributed by atoms with Crippen LogP contribution in [-0.2, 0) is 0 Å². The van der Waals surface area contributed by atoms with E-state index in [4.69, 9.17) is 0 Å². The SMILES string of the molecule is Cc1ccc(N(c2ccc3c(c2)C=CCN3)c2ccc3[nH]ccc3c2)cc1. The molecule has 0 saturated carbocycles. The van der Waals surface area contributed by atoms with Crippen LogP contribution in [0, 0.1) is 6.92 Å². The van der Waals surface area contributed by atoms with Crippen molar-refractivity contribution in [2.45, 2.75) is 6.92 Å². The standard InChI is InChI=1S/C24H21N3/c1-17-4-6-20(7-5-17)27(22-9-11-24-19(16-22)12-14-26-24)21-8-10-23-18(15-21)3-2-13-25-23/h2-12,14-16,25-26H,13H2,1H3. The third-order valence-electron chi connectivity index (χ3n) is 5.09. The highest BCUT2D eigenvalue weighted by atomic mass is 15.1. The maximum absolute atomic E-state index is 3.43. The Hall–Kier alpha value is -3.46. The van der Waals surface area contributed by atoms with Crippen molar-refractivity contribution in [3.63, 3.8) is 0 Å². The first-order valence-electron chi connectivity index (χ1n) is 9.26. The number of nitrogens with one attached hydrogen (secondary N) is 2. The second-order valence-electron chi connectivity index (χ2n) is 6.98. The first kappa shape index (κ1) is 15.8. The Balaban J connectivity index is 1.68. The lowest BCUT2D eigenvalue weighted by Crippen LogP contribution is -2.11. The Kier molecular flexibility index (Phi) is 3.72. The number of aromatic nitrogens is 1. The van der Waals surface area contributed by atoms with Crippen molar-refractivity contribution in [1.29, 1.82) is 0 Å². The molecule has 0 radical (unpaired) electrons. The minimum Gasteiger partial charge on any atom is -0.381 e. The minimum absolute atomic E-state index is 0.887. The number of benzene rings is 3. The van der Waals surface area contributed by atoms with Crippen molar-refractivity contribution in [2.75, 3.05) is 16.8 Å². The van der Waals surface area contributed by atoms with E-state index < -0.39 is 0 Å². The molecule has 5 rings (SSSR count). The van der Waals surface area contributed by atoms with Gasteiger partial charge in [-0.1, -0.05) is 29.8 Å². The Morgan fingerprint density at radius 1 is 0.815 bits per heavy atom. The second kappa shape index (κ2) is 6.36. The van der Waals surface area contributed by atoms with Gasteiger partial charge in [-0.3, -0.25) is 0 Å². The van der Waals surface area contributed by atoms with Gasteiger partial charge in [0.25, 0.3) is 0 Å². The van der Waals surface area contributed by atoms with Crippen LogP contribution >= 0.6 is 0 Å². The number of rotatable bonds is 3. The number of aromatic amines is 1. The third kappa shape index (κ3) is 2.87. The molecule has 2 N–H and O–H groups in total. The van der Waals surface area contributed by atoms with Crippen LogP contribution in [0.3, 0.4) is 0 Å². The van der Waals surface area contributed by atoms with Crippen molar-refractivity contribution in [1.82, 2.24) is 4.98 Å². The largest absolute Gasteiger partial charge is 0.381 e. The number of nitrogens with zero attached hydrogens (tertiary/aromatic N) is 1. The molecular formula is C24H21N3. The van der Waals surface area contributed by atoms with Gasteiger partial charge in [-0.05, 0) is 67.1 Å². The van der Waals surface area contributed by atoms with Gasteiger partial charge in [-0.15, -0.1) is 0 Å². The van der Waals surface area contributed by atoms with E-state index in [-0.39, 0.29) is 0 Å². The van der Waals surface area contributed by atoms with Crippen LogP contribution in [0.5, 0.6) is 0 Å². The summed E-state index contributed by atoms with van der Waals surface area (Å²) in [7, 11) is 0. The van der Waals surface area contributed by atoms with Gasteiger partial charge in [0.1, 0.15) is 0 Å². The van der Waals surface area contributed by atoms with E-state index in [1.807, 2.05) is 6.20 Å². The summed E-state index contributed by atoms with van der Waals surface area (Å²) in [6.45, 7) is 3.01. The number of fused-ring (bicyclic) bond motifs is 2. The monoisotopic (exact) mass is 351 g/mol. The van der Waals surface area contributed by atoms with E-state index in [1.54, 1.807) is 0 Å². The van der Waals surface area contributed by atoms with Gasteiger partial charge >= 0.3 is 0 Å². The van der Waals surface area contributed by atoms with Crippen molar-refractivity contribution in [3.8, 4) is 0 Å². The lowest BCUT2D eigenvalue weighted by atomic mass is 10.1. The quantitative estimate of drug-likeness (QED) is 0.448. The molecule has 4 aromatic rings. The van der Waals surface area contributed by atoms with E-state index in [0.29, 0.717) is 0 Å². The number of hydrogen-bond donors (Lipinski definition) is 2. The summed E-state index contributed by atoms with van der Waals surface area (Å²) >= 11 is 0. The predicted octanol–water partition coefficient (Wildman–Crippen LogP) is 6.38. The zero-order chi connectivity index (χ0) is 18.2. The molecule has 1 aliphatic heterocycles. The molecule has 0 spiro atoms. The Morgan fingerprint density at radius 3 is 2.48 bits per heavy atom. The van der Waals surface area contributed by atoms with Crippen LogP contribution in [0.1, 0.15) is 11.1 Å². The number of anilines is 4. The molecule has 0 unspecified atom stereocenters. The van der Waals surface area contributed by atoms with Crippen molar-refractivity contribution in [2.24, 2.45) is 0 Å². The predicted molar refractivity (Wildman–Crippen MR) is 115 cm³/mol. The van der Waals surface area contributed by atoms with Crippen LogP contribution in [0.2, 0.25) is 0 Å². The molecule has 27 heavy (non-hydrogen) atoms. The molecule has 1 aromatic heterocycles. The van der Waals surface area contributed by atoms with Crippen LogP contribution in [0.4, 0.5) is 22.7 Å². The summed E-state index contributed by atoms with van der Waals surface area (Å²) in [5, 5.41) is 4.64. The summed E-state index contributed by atoms with van der Waals surface area (Å²) in [5.74, 6) is 0. The molecule has 0 fully saturated rings. The van der Waals surface area contributed by atoms with Crippen molar-refractivity contribution < 1.29 is 0 Å². The van der Waals surface area contributed by atoms with Gasteiger partial charge < -0.3 is 15.2 Å². The average molecular weight is 351 g/mol. The number of H-pyrrole nitrogens is 1. The molecule has 0 amide bonds. The summed E-state index contributed by atoms with van der Waals surface area (Å²) in [6.07, 6.45) is 6.34. The van der Waals surface area contributed by atoms with Crippen LogP contribution < -0.4 is 10.2 Å². The Morgan fingerprint density at radius 2 is 1.59 bits per heavy atom. The topological polar surface area (TPSA) is 31.1 Å². The van der Waals surface area contributed by atoms with E-state index >= 15 is 0 Å². The fourth-order valence-corrected chi connectivity index (χ4v) is 3.66. The van der Waals surface area contributed by atoms with Crippen molar-refractivity contribution >= 4 is 39.7 Å². The molecule has 132 valence electrons. The van der Waals surface area contributed by atoms with Crippen LogP contribution in [0.15, 0.2) is 79.0 Å². The fourth-order valence-electron chi connectivity index (χ4n) is 3.66. The summed E-state index contributed by atoms with van der Waals surface area (Å²) in [4.78, 5) is 5.59. The second-order valence-corrected chi connectivity index (χ2v) is 6.98. The third-order valence-corrected chi connectivity index (χ3v) is 5.09. The van der Waals surface area contributed by atoms with Gasteiger partial charge in [0.15, 0.2) is 0 Å². The van der Waals surface area contributed by atoms with Gasteiger partial charge in [-0.2, -0.15) is 0 Å². The lowest BCUT2D eigenvalue weighted by Gasteiger charge is -2.27. The first-order chi connectivity index (χ1) is 13.3. The van der Waals surface area contributed by atoms with Gasteiger partial charge in [-0.25, -0.2) is 0 Å². The summed E-state index contributed by atoms with van der Waals surface area (Å²) in [5.41, 5.74) is 8.28. The molecule has 3 heteroatoms. The smallest absolute Gasteiger partial charge is 0.0469 e. The maximum atomic E-state index is 3.43. The van der Waals surface area contributed by atoms with E-state index in [2.05, 4.69) is 101 Å². The molecular weight excluding hydrogens is 330 g/mol. The summed E-state index contributed by atoms with van der Waals surface area (Å²) in [6, 6.07) is 24.0. The fraction of sp³-hybridized carbons (Fsp3) is 0.0833. The molecule has 0 saturated heterocycles. The van der Waals surface area contributed by atoms with E-state index in [1.165, 1.54) is 22.2 Å². The van der Waals surface area contributed by atoms with Crippen LogP contribution in [0.25, 0.3) is 17.0 Å². The highest BCUT2D eigenvalue weighted by Crippen LogP contribution is 2.38. The Labute approximate surface area is 159 Å². The van der Waals surface area contributed by atoms with Crippen molar-refractivity contribution in [3.05, 3.63) is 90.1 Å². The minimum atomic E-state index is 0.887. The molecule has 3 nitrogen and oxygen atoms in total. The zero-order valence-electron chi connectivity index (χ0n) is 15.2. The highest BCUT2D eigenvalue weighted by molar-refractivity contribution is 5.88. The summed E-state index contributed by atoms with van der Waals surface area (Å²) < 4.78 is 0. The van der Waals surface area contributed by atoms with E-state index in [9.17, 15) is 0 Å². The zero-order valence-corrected chi connectivity index (χ0v) is 15.2. The van der Waals surface area contributed by atoms with Gasteiger partial charge in [0, 0.05) is 46.4 Å². The van der Waals surface area contributed by atoms with Gasteiger partial charge in [0.2, 0.25) is 0 Å². The first-order valence-corrected chi connectivity index (χ1v) is 9.26. The molecule has 0 aliphatic carbocycles. The Bertz CT molecular complexity index is 1140. The number of aryl methyl sites for hydroxylation is 1. The molecule has 3 aromatic carbocycles. The number of hydrogen-bond acceptors (Lipinski definition) is 2. The molecule has 0 atom stereocenters. The lowest BCUT2D eigenvalue weighted by molar-refractivity contribution is 1.26. The molecule has 2 heterocycles. The maximum Gasteiger partial charge on any atom is 0.0469 e. The van der Waals surface area contributed by atoms with Gasteiger partial charge in [0.05, 0.1) is 0 Å². The molecule has 0 bridgehead atoms. The normalized spacial score (nSPS) is 12.6. The molecule has 1 aliphatic rings. The highest BCUT2D eigenvalue weighted by Gasteiger charge is 2.15. The van der Waals surface area contributed by atoms with E-state index in [0.717, 1.165) is 29.1 Å². The average Bonchev–Trinajstić information content (AvgIpc) is 3.18.